The number of carboxylic acids is 1. The van der Waals surface area contributed by atoms with Crippen LogP contribution in [0.2, 0.25) is 0 Å². The van der Waals surface area contributed by atoms with Crippen LogP contribution < -0.4 is 15.0 Å². The summed E-state index contributed by atoms with van der Waals surface area (Å²) in [5.41, 5.74) is 3.12. The van der Waals surface area contributed by atoms with Crippen molar-refractivity contribution >= 4 is 17.1 Å². The van der Waals surface area contributed by atoms with E-state index in [9.17, 15) is 14.7 Å². The van der Waals surface area contributed by atoms with Crippen molar-refractivity contribution in [3.8, 4) is 34.0 Å². The van der Waals surface area contributed by atoms with Crippen LogP contribution in [0, 0.1) is 5.92 Å². The van der Waals surface area contributed by atoms with Gasteiger partial charge < -0.3 is 19.6 Å². The van der Waals surface area contributed by atoms with Gasteiger partial charge in [-0.25, -0.2) is 4.98 Å². The van der Waals surface area contributed by atoms with Crippen molar-refractivity contribution in [2.75, 3.05) is 6.61 Å². The van der Waals surface area contributed by atoms with Crippen LogP contribution in [0.5, 0.6) is 11.5 Å². The van der Waals surface area contributed by atoms with E-state index in [0.29, 0.717) is 35.9 Å². The molecule has 2 aromatic carbocycles. The van der Waals surface area contributed by atoms with Gasteiger partial charge in [0.25, 0.3) is 5.56 Å². The molecule has 0 saturated carbocycles. The normalized spacial score (nSPS) is 12.1. The molecule has 4 aromatic rings. The minimum Gasteiger partial charge on any atom is -0.493 e. The summed E-state index contributed by atoms with van der Waals surface area (Å²) in [6.45, 7) is 7.82. The lowest BCUT2D eigenvalue weighted by Crippen LogP contribution is -2.14. The molecule has 0 aliphatic heterocycles. The number of carbonyl (C=O) groups is 1. The second kappa shape index (κ2) is 9.96. The first-order valence-corrected chi connectivity index (χ1v) is 11.4. The van der Waals surface area contributed by atoms with Crippen LogP contribution in [0.4, 0.5) is 0 Å². The number of H-pyrrole nitrogens is 2. The van der Waals surface area contributed by atoms with Crippen LogP contribution in [-0.4, -0.2) is 49.2 Å². The fourth-order valence-electron chi connectivity index (χ4n) is 3.76. The highest BCUT2D eigenvalue weighted by molar-refractivity contribution is 5.77. The maximum atomic E-state index is 12.4. The fourth-order valence-corrected chi connectivity index (χ4v) is 3.76. The van der Waals surface area contributed by atoms with E-state index in [0.717, 1.165) is 16.7 Å². The van der Waals surface area contributed by atoms with Crippen LogP contribution in [0.1, 0.15) is 33.3 Å². The SMILES string of the molecule is CCOc1cc(-c2ccc(OC(C)C)c(CC(C)C(=O)O)c2)ccc1-c1nc2n[nH]nc2c(=O)[nH]1. The van der Waals surface area contributed by atoms with Gasteiger partial charge in [-0.3, -0.25) is 9.59 Å². The van der Waals surface area contributed by atoms with Crippen molar-refractivity contribution in [2.24, 2.45) is 5.92 Å². The van der Waals surface area contributed by atoms with E-state index in [1.807, 2.05) is 57.2 Å². The minimum absolute atomic E-state index is 0.0414. The van der Waals surface area contributed by atoms with Gasteiger partial charge in [-0.15, -0.1) is 10.2 Å². The zero-order valence-electron chi connectivity index (χ0n) is 20.0. The van der Waals surface area contributed by atoms with Crippen molar-refractivity contribution in [3.63, 3.8) is 0 Å². The molecule has 10 nitrogen and oxygen atoms in total. The summed E-state index contributed by atoms with van der Waals surface area (Å²) >= 11 is 0. The van der Waals surface area contributed by atoms with Crippen LogP contribution in [0.3, 0.4) is 0 Å². The largest absolute Gasteiger partial charge is 0.493 e. The molecule has 3 N–H and O–H groups in total. The Balaban J connectivity index is 1.77. The molecular formula is C25H27N5O5. The highest BCUT2D eigenvalue weighted by Gasteiger charge is 2.18. The fraction of sp³-hybridized carbons (Fsp3) is 0.320. The topological polar surface area (TPSA) is 143 Å². The Bertz CT molecular complexity index is 1430. The third-order valence-corrected chi connectivity index (χ3v) is 5.43. The number of fused-ring (bicyclic) bond motifs is 1. The molecule has 0 aliphatic rings. The van der Waals surface area contributed by atoms with Crippen molar-refractivity contribution in [1.29, 1.82) is 0 Å². The van der Waals surface area contributed by atoms with Gasteiger partial charge in [0.15, 0.2) is 5.52 Å². The number of aromatic nitrogens is 5. The minimum atomic E-state index is -0.862. The predicted octanol–water partition coefficient (Wildman–Crippen LogP) is 3.82. The first-order chi connectivity index (χ1) is 16.8. The maximum absolute atomic E-state index is 12.4. The molecule has 0 aliphatic carbocycles. The van der Waals surface area contributed by atoms with Crippen molar-refractivity contribution in [2.45, 2.75) is 40.2 Å². The van der Waals surface area contributed by atoms with Gasteiger partial charge in [0.05, 0.1) is 24.2 Å². The maximum Gasteiger partial charge on any atom is 0.306 e. The van der Waals surface area contributed by atoms with Crippen LogP contribution in [0.15, 0.2) is 41.2 Å². The number of nitrogens with one attached hydrogen (secondary N) is 2. The summed E-state index contributed by atoms with van der Waals surface area (Å²) < 4.78 is 11.8. The summed E-state index contributed by atoms with van der Waals surface area (Å²) in [5, 5.41) is 19.5. The van der Waals surface area contributed by atoms with E-state index in [1.54, 1.807) is 6.92 Å². The number of hydrogen-bond donors (Lipinski definition) is 3. The zero-order chi connectivity index (χ0) is 25.1. The second-order valence-corrected chi connectivity index (χ2v) is 8.49. The van der Waals surface area contributed by atoms with E-state index in [-0.39, 0.29) is 17.3 Å². The van der Waals surface area contributed by atoms with Crippen LogP contribution >= 0.6 is 0 Å². The van der Waals surface area contributed by atoms with Crippen molar-refractivity contribution in [1.82, 2.24) is 25.4 Å². The van der Waals surface area contributed by atoms with Crippen molar-refractivity contribution < 1.29 is 19.4 Å². The molecule has 0 saturated heterocycles. The van der Waals surface area contributed by atoms with E-state index < -0.39 is 17.4 Å². The summed E-state index contributed by atoms with van der Waals surface area (Å²) in [7, 11) is 0. The number of aromatic amines is 2. The highest BCUT2D eigenvalue weighted by Crippen LogP contribution is 2.35. The number of aliphatic carboxylic acids is 1. The number of benzene rings is 2. The first-order valence-electron chi connectivity index (χ1n) is 11.4. The lowest BCUT2D eigenvalue weighted by atomic mass is 9.95. The van der Waals surface area contributed by atoms with Gasteiger partial charge in [-0.1, -0.05) is 19.1 Å². The molecule has 1 unspecified atom stereocenters. The zero-order valence-corrected chi connectivity index (χ0v) is 20.0. The lowest BCUT2D eigenvalue weighted by Gasteiger charge is -2.18. The standard InChI is InChI=1S/C25H27N5O5/c1-5-34-20-12-16(6-8-18(20)22-26-23-21(24(31)27-22)28-30-29-23)15-7-9-19(35-13(2)3)17(11-15)10-14(4)25(32)33/h6-9,11-14H,5,10H2,1-4H3,(H,32,33)(H2,26,27,28,29,30,31). The average Bonchev–Trinajstić information content (AvgIpc) is 3.29. The molecule has 4 rings (SSSR count). The smallest absolute Gasteiger partial charge is 0.306 e. The van der Waals surface area contributed by atoms with Gasteiger partial charge in [0.1, 0.15) is 17.3 Å². The molecule has 10 heteroatoms. The van der Waals surface area contributed by atoms with Crippen molar-refractivity contribution in [3.05, 3.63) is 52.3 Å². The molecule has 2 heterocycles. The molecule has 35 heavy (non-hydrogen) atoms. The molecule has 182 valence electrons. The molecular weight excluding hydrogens is 450 g/mol. The van der Waals surface area contributed by atoms with E-state index in [4.69, 9.17) is 9.47 Å². The van der Waals surface area contributed by atoms with Gasteiger partial charge in [0.2, 0.25) is 5.65 Å². The molecule has 0 bridgehead atoms. The summed E-state index contributed by atoms with van der Waals surface area (Å²) in [4.78, 5) is 31.0. The highest BCUT2D eigenvalue weighted by atomic mass is 16.5. The summed E-state index contributed by atoms with van der Waals surface area (Å²) in [6.07, 6.45) is 0.296. The monoisotopic (exact) mass is 477 g/mol. The quantitative estimate of drug-likeness (QED) is 0.330. The Morgan fingerprint density at radius 3 is 2.51 bits per heavy atom. The van der Waals surface area contributed by atoms with Crippen LogP contribution in [0.25, 0.3) is 33.7 Å². The van der Waals surface area contributed by atoms with E-state index in [2.05, 4.69) is 25.4 Å². The van der Waals surface area contributed by atoms with E-state index in [1.165, 1.54) is 0 Å². The van der Waals surface area contributed by atoms with Gasteiger partial charge in [0, 0.05) is 0 Å². The molecule has 0 spiro atoms. The Kier molecular flexibility index (Phi) is 6.81. The van der Waals surface area contributed by atoms with Gasteiger partial charge in [-0.2, -0.15) is 5.21 Å². The van der Waals surface area contributed by atoms with Gasteiger partial charge >= 0.3 is 5.97 Å². The third-order valence-electron chi connectivity index (χ3n) is 5.43. The third kappa shape index (κ3) is 5.16. The number of hydrogen-bond acceptors (Lipinski definition) is 7. The molecule has 2 aromatic heterocycles. The second-order valence-electron chi connectivity index (χ2n) is 8.49. The number of nitrogens with zero attached hydrogens (tertiary/aromatic N) is 3. The predicted molar refractivity (Wildman–Crippen MR) is 131 cm³/mol. The summed E-state index contributed by atoms with van der Waals surface area (Å²) in [6, 6.07) is 11.3. The lowest BCUT2D eigenvalue weighted by molar-refractivity contribution is -0.141. The molecule has 0 amide bonds. The number of rotatable bonds is 9. The first kappa shape index (κ1) is 23.9. The molecule has 1 atom stereocenters. The number of ether oxygens (including phenoxy) is 2. The summed E-state index contributed by atoms with van der Waals surface area (Å²) in [5.74, 6) is 0.109. The number of carboxylic acid groups (broad SMARTS) is 1. The van der Waals surface area contributed by atoms with Gasteiger partial charge in [-0.05, 0) is 68.1 Å². The van der Waals surface area contributed by atoms with Crippen LogP contribution in [-0.2, 0) is 11.2 Å². The van der Waals surface area contributed by atoms with E-state index >= 15 is 0 Å². The Labute approximate surface area is 201 Å². The molecule has 0 radical (unpaired) electrons. The Morgan fingerprint density at radius 2 is 1.80 bits per heavy atom. The Morgan fingerprint density at radius 1 is 1.06 bits per heavy atom. The Hall–Kier alpha value is -4.21. The average molecular weight is 478 g/mol. The molecule has 0 fully saturated rings.